The zero-order valence-electron chi connectivity index (χ0n) is 12.8. The Kier molecular flexibility index (Phi) is 7.20. The number of rotatable bonds is 8. The lowest BCUT2D eigenvalue weighted by atomic mass is 9.74. The first-order chi connectivity index (χ1) is 8.67. The largest absolute Gasteiger partial charge is 0.383 e. The van der Waals surface area contributed by atoms with Crippen LogP contribution >= 0.6 is 0 Å². The van der Waals surface area contributed by atoms with E-state index in [1.54, 1.807) is 7.11 Å². The molecule has 0 saturated carbocycles. The molecule has 0 aliphatic carbocycles. The maximum atomic E-state index is 5.31. The monoisotopic (exact) mass is 256 g/mol. The molecular weight excluding hydrogens is 224 g/mol. The van der Waals surface area contributed by atoms with Crippen LogP contribution in [0.5, 0.6) is 0 Å². The standard InChI is InChI=1S/C15H32N2O/c1-5-7-15(8-10-16-11-9-15)13-17(6-2)14(3)12-18-4/h14,16H,5-13H2,1-4H3. The van der Waals surface area contributed by atoms with Gasteiger partial charge in [-0.15, -0.1) is 0 Å². The second kappa shape index (κ2) is 8.13. The van der Waals surface area contributed by atoms with Crippen molar-refractivity contribution in [2.45, 2.75) is 52.5 Å². The molecular formula is C15H32N2O. The highest BCUT2D eigenvalue weighted by molar-refractivity contribution is 4.88. The zero-order chi connectivity index (χ0) is 13.4. The molecule has 0 aromatic carbocycles. The molecule has 1 atom stereocenters. The van der Waals surface area contributed by atoms with Crippen molar-refractivity contribution in [1.29, 1.82) is 0 Å². The van der Waals surface area contributed by atoms with E-state index in [1.165, 1.54) is 45.3 Å². The molecule has 1 fully saturated rings. The van der Waals surface area contributed by atoms with Crippen molar-refractivity contribution in [3.05, 3.63) is 0 Å². The highest BCUT2D eigenvalue weighted by atomic mass is 16.5. The van der Waals surface area contributed by atoms with E-state index < -0.39 is 0 Å². The predicted octanol–water partition coefficient (Wildman–Crippen LogP) is 2.51. The van der Waals surface area contributed by atoms with Crippen molar-refractivity contribution in [3.8, 4) is 0 Å². The normalized spacial score (nSPS) is 21.2. The maximum absolute atomic E-state index is 5.31. The number of hydrogen-bond acceptors (Lipinski definition) is 3. The molecule has 3 nitrogen and oxygen atoms in total. The van der Waals surface area contributed by atoms with Crippen LogP contribution in [0.25, 0.3) is 0 Å². The van der Waals surface area contributed by atoms with Gasteiger partial charge < -0.3 is 10.1 Å². The molecule has 0 aromatic rings. The summed E-state index contributed by atoms with van der Waals surface area (Å²) in [6, 6.07) is 0.531. The molecule has 1 aliphatic heterocycles. The highest BCUT2D eigenvalue weighted by Crippen LogP contribution is 2.35. The first-order valence-corrected chi connectivity index (χ1v) is 7.61. The molecule has 0 aromatic heterocycles. The minimum atomic E-state index is 0.531. The number of piperidine rings is 1. The molecule has 0 radical (unpaired) electrons. The lowest BCUT2D eigenvalue weighted by Gasteiger charge is -2.43. The molecule has 3 heteroatoms. The highest BCUT2D eigenvalue weighted by Gasteiger charge is 2.33. The SMILES string of the molecule is CCCC1(CN(CC)C(C)COC)CCNCC1. The second-order valence-electron chi connectivity index (χ2n) is 5.87. The van der Waals surface area contributed by atoms with Gasteiger partial charge in [-0.3, -0.25) is 4.90 Å². The number of likely N-dealkylation sites (N-methyl/N-ethyl adjacent to an activating group) is 1. The third-order valence-corrected chi connectivity index (χ3v) is 4.42. The van der Waals surface area contributed by atoms with Gasteiger partial charge >= 0.3 is 0 Å². The van der Waals surface area contributed by atoms with Crippen LogP contribution in [0.1, 0.15) is 46.5 Å². The van der Waals surface area contributed by atoms with Crippen LogP contribution in [0.3, 0.4) is 0 Å². The molecule has 1 N–H and O–H groups in total. The molecule has 0 amide bonds. The lowest BCUT2D eigenvalue weighted by Crippen LogP contribution is -2.48. The van der Waals surface area contributed by atoms with Gasteiger partial charge in [-0.25, -0.2) is 0 Å². The summed E-state index contributed by atoms with van der Waals surface area (Å²) in [5.41, 5.74) is 0.540. The quantitative estimate of drug-likeness (QED) is 0.722. The third-order valence-electron chi connectivity index (χ3n) is 4.42. The van der Waals surface area contributed by atoms with Gasteiger partial charge in [0, 0.05) is 19.7 Å². The summed E-state index contributed by atoms with van der Waals surface area (Å²) >= 11 is 0. The molecule has 0 bridgehead atoms. The fraction of sp³-hybridized carbons (Fsp3) is 1.00. The van der Waals surface area contributed by atoms with Crippen LogP contribution in [-0.2, 0) is 4.74 Å². The average molecular weight is 256 g/mol. The summed E-state index contributed by atoms with van der Waals surface area (Å²) in [6.07, 6.45) is 5.33. The van der Waals surface area contributed by atoms with Crippen molar-refractivity contribution in [2.75, 3.05) is 39.9 Å². The Morgan fingerprint density at radius 2 is 1.94 bits per heavy atom. The Hall–Kier alpha value is -0.120. The van der Waals surface area contributed by atoms with E-state index in [4.69, 9.17) is 4.74 Å². The summed E-state index contributed by atoms with van der Waals surface area (Å²) in [6.45, 7) is 12.5. The van der Waals surface area contributed by atoms with E-state index in [-0.39, 0.29) is 0 Å². The molecule has 1 aliphatic rings. The van der Waals surface area contributed by atoms with E-state index >= 15 is 0 Å². The maximum Gasteiger partial charge on any atom is 0.0615 e. The fourth-order valence-electron chi connectivity index (χ4n) is 3.33. The molecule has 1 unspecified atom stereocenters. The van der Waals surface area contributed by atoms with Crippen LogP contribution in [0, 0.1) is 5.41 Å². The predicted molar refractivity (Wildman–Crippen MR) is 78.0 cm³/mol. The van der Waals surface area contributed by atoms with Gasteiger partial charge in [0.1, 0.15) is 0 Å². The second-order valence-corrected chi connectivity index (χ2v) is 5.87. The topological polar surface area (TPSA) is 24.5 Å². The van der Waals surface area contributed by atoms with Gasteiger partial charge in [-0.1, -0.05) is 20.3 Å². The summed E-state index contributed by atoms with van der Waals surface area (Å²) in [7, 11) is 1.80. The number of nitrogens with zero attached hydrogens (tertiary/aromatic N) is 1. The summed E-state index contributed by atoms with van der Waals surface area (Å²) in [5, 5.41) is 3.50. The van der Waals surface area contributed by atoms with Crippen molar-refractivity contribution in [1.82, 2.24) is 10.2 Å². The van der Waals surface area contributed by atoms with E-state index in [1.807, 2.05) is 0 Å². The molecule has 1 saturated heterocycles. The van der Waals surface area contributed by atoms with Crippen LogP contribution in [0.15, 0.2) is 0 Å². The van der Waals surface area contributed by atoms with Crippen molar-refractivity contribution in [3.63, 3.8) is 0 Å². The molecule has 0 spiro atoms. The summed E-state index contributed by atoms with van der Waals surface area (Å²) in [4.78, 5) is 2.60. The van der Waals surface area contributed by atoms with Crippen molar-refractivity contribution >= 4 is 0 Å². The van der Waals surface area contributed by atoms with Crippen LogP contribution in [-0.4, -0.2) is 50.8 Å². The Morgan fingerprint density at radius 1 is 1.28 bits per heavy atom. The van der Waals surface area contributed by atoms with Gasteiger partial charge in [-0.05, 0) is 51.2 Å². The molecule has 1 rings (SSSR count). The smallest absolute Gasteiger partial charge is 0.0615 e. The number of methoxy groups -OCH3 is 1. The first kappa shape index (κ1) is 15.9. The zero-order valence-corrected chi connectivity index (χ0v) is 12.8. The Morgan fingerprint density at radius 3 is 2.44 bits per heavy atom. The lowest BCUT2D eigenvalue weighted by molar-refractivity contribution is 0.0470. The fourth-order valence-corrected chi connectivity index (χ4v) is 3.33. The third kappa shape index (κ3) is 4.52. The van der Waals surface area contributed by atoms with Crippen LogP contribution < -0.4 is 5.32 Å². The van der Waals surface area contributed by atoms with Crippen molar-refractivity contribution < 1.29 is 4.74 Å². The Balaban J connectivity index is 2.61. The van der Waals surface area contributed by atoms with Crippen LogP contribution in [0.2, 0.25) is 0 Å². The van der Waals surface area contributed by atoms with Gasteiger partial charge in [0.15, 0.2) is 0 Å². The van der Waals surface area contributed by atoms with E-state index in [0.29, 0.717) is 11.5 Å². The Bertz CT molecular complexity index is 209. The average Bonchev–Trinajstić information content (AvgIpc) is 2.38. The summed E-state index contributed by atoms with van der Waals surface area (Å²) < 4.78 is 5.31. The van der Waals surface area contributed by atoms with Gasteiger partial charge in [0.05, 0.1) is 6.61 Å². The van der Waals surface area contributed by atoms with Crippen molar-refractivity contribution in [2.24, 2.45) is 5.41 Å². The van der Waals surface area contributed by atoms with Gasteiger partial charge in [-0.2, -0.15) is 0 Å². The van der Waals surface area contributed by atoms with Gasteiger partial charge in [0.25, 0.3) is 0 Å². The van der Waals surface area contributed by atoms with Crippen LogP contribution in [0.4, 0.5) is 0 Å². The van der Waals surface area contributed by atoms with E-state index in [9.17, 15) is 0 Å². The number of nitrogens with one attached hydrogen (secondary N) is 1. The minimum Gasteiger partial charge on any atom is -0.383 e. The number of ether oxygens (including phenoxy) is 1. The minimum absolute atomic E-state index is 0.531. The summed E-state index contributed by atoms with van der Waals surface area (Å²) in [5.74, 6) is 0. The van der Waals surface area contributed by atoms with E-state index in [0.717, 1.165) is 13.2 Å². The molecule has 18 heavy (non-hydrogen) atoms. The molecule has 108 valence electrons. The Labute approximate surface area is 113 Å². The van der Waals surface area contributed by atoms with E-state index in [2.05, 4.69) is 31.0 Å². The molecule has 1 heterocycles. The number of hydrogen-bond donors (Lipinski definition) is 1. The first-order valence-electron chi connectivity index (χ1n) is 7.61. The van der Waals surface area contributed by atoms with Gasteiger partial charge in [0.2, 0.25) is 0 Å².